The Bertz CT molecular complexity index is 1770. The predicted octanol–water partition coefficient (Wildman–Crippen LogP) is 22.9. The number of ether oxygens (including phenoxy) is 2. The Morgan fingerprint density at radius 2 is 0.663 bits per heavy atom. The Balaban J connectivity index is 4.02. The maximum Gasteiger partial charge on any atom is 0.306 e. The van der Waals surface area contributed by atoms with Gasteiger partial charge in [-0.05, 0) is 96.3 Å². The van der Waals surface area contributed by atoms with Crippen molar-refractivity contribution in [3.05, 3.63) is 97.2 Å². The highest BCUT2D eigenvalue weighted by Gasteiger charge is 2.22. The van der Waals surface area contributed by atoms with Gasteiger partial charge in [0.15, 0.2) is 6.10 Å². The zero-order chi connectivity index (χ0) is 62.6. The fourth-order valence-corrected chi connectivity index (χ4v) is 10.8. The number of phosphoric acid groups is 1. The maximum absolute atomic E-state index is 12.9. The minimum absolute atomic E-state index is 0.0323. The van der Waals surface area contributed by atoms with Crippen molar-refractivity contribution in [2.75, 3.05) is 47.5 Å². The molecule has 10 heteroatoms. The topological polar surface area (TPSA) is 111 Å². The van der Waals surface area contributed by atoms with Gasteiger partial charge in [-0.1, -0.05) is 310 Å². The molecule has 498 valence electrons. The molecule has 0 radical (unpaired) electrons. The van der Waals surface area contributed by atoms with E-state index in [4.69, 9.17) is 18.5 Å². The van der Waals surface area contributed by atoms with Crippen molar-refractivity contribution < 1.29 is 42.1 Å². The van der Waals surface area contributed by atoms with E-state index >= 15 is 0 Å². The SMILES string of the molecule is CC/C=C\C/C=C\C/C=C\C/C=C\C/C=C\C/C=C\CCCCCCCCCCCCCCCCCCC(=O)OC(COC(=O)CCCCCCCCCCCCCCCCC/C=C\C/C=C\CCCCCCC)COP(=O)([O-])OCC[N+](C)(C)C. The standard InChI is InChI=1S/C76H136NO8P/c1-6-8-10-12-14-16-18-20-22-24-26-28-30-32-34-35-36-37-38-39-40-41-43-45-47-49-51-53-55-57-59-61-63-65-67-69-76(79)85-74(73-84-86(80,81)83-71-70-77(3,4)5)72-82-75(78)68-66-64-62-60-58-56-54-52-50-48-46-44-42-33-31-29-27-25-23-21-19-17-15-13-11-9-7-2/h8,10,14,16,19-22,25-28,32,34,36-37,74H,6-7,9,11-13,15,17-18,23-24,29-31,33,35,38-73H2,1-5H3/b10-8-,16-14-,21-19-,22-20-,27-25-,28-26-,34-32-,37-36-. The highest BCUT2D eigenvalue weighted by atomic mass is 31.2. The molecule has 0 aliphatic carbocycles. The third-order valence-electron chi connectivity index (χ3n) is 15.6. The lowest BCUT2D eigenvalue weighted by molar-refractivity contribution is -0.870. The molecular weight excluding hydrogens is 1090 g/mol. The molecule has 0 heterocycles. The highest BCUT2D eigenvalue weighted by molar-refractivity contribution is 7.45. The Morgan fingerprint density at radius 3 is 0.988 bits per heavy atom. The molecule has 2 atom stereocenters. The van der Waals surface area contributed by atoms with Gasteiger partial charge in [0, 0.05) is 12.8 Å². The molecule has 0 saturated carbocycles. The molecule has 9 nitrogen and oxygen atoms in total. The summed E-state index contributed by atoms with van der Waals surface area (Å²) in [6.45, 7) is 4.15. The van der Waals surface area contributed by atoms with Crippen LogP contribution >= 0.6 is 7.82 Å². The Hall–Kier alpha value is -3.07. The minimum Gasteiger partial charge on any atom is -0.756 e. The highest BCUT2D eigenvalue weighted by Crippen LogP contribution is 2.38. The number of likely N-dealkylation sites (N-methyl/N-ethyl adjacent to an activating group) is 1. The van der Waals surface area contributed by atoms with Crippen LogP contribution < -0.4 is 4.89 Å². The lowest BCUT2D eigenvalue weighted by atomic mass is 10.0. The molecule has 0 rings (SSSR count). The maximum atomic E-state index is 12.9. The van der Waals surface area contributed by atoms with E-state index < -0.39 is 26.5 Å². The molecule has 0 aromatic heterocycles. The van der Waals surface area contributed by atoms with Gasteiger partial charge in [-0.15, -0.1) is 0 Å². The number of phosphoric ester groups is 1. The fourth-order valence-electron chi connectivity index (χ4n) is 10.1. The van der Waals surface area contributed by atoms with Crippen LogP contribution in [0.4, 0.5) is 0 Å². The number of carbonyl (C=O) groups is 2. The number of allylic oxidation sites excluding steroid dienone is 16. The largest absolute Gasteiger partial charge is 0.756 e. The normalized spacial score (nSPS) is 13.7. The fraction of sp³-hybridized carbons (Fsp3) is 0.763. The third-order valence-corrected chi connectivity index (χ3v) is 16.6. The van der Waals surface area contributed by atoms with Crippen molar-refractivity contribution >= 4 is 19.8 Å². The number of esters is 2. The summed E-state index contributed by atoms with van der Waals surface area (Å²) in [6.07, 6.45) is 92.0. The average molecular weight is 1220 g/mol. The second-order valence-corrected chi connectivity index (χ2v) is 26.6. The zero-order valence-electron chi connectivity index (χ0n) is 56.7. The Morgan fingerprint density at radius 1 is 0.372 bits per heavy atom. The van der Waals surface area contributed by atoms with Crippen molar-refractivity contribution in [2.45, 2.75) is 328 Å². The third kappa shape index (κ3) is 70.0. The number of unbranched alkanes of at least 4 members (excludes halogenated alkanes) is 36. The van der Waals surface area contributed by atoms with Gasteiger partial charge in [0.25, 0.3) is 7.82 Å². The Labute approximate surface area is 532 Å². The molecule has 0 saturated heterocycles. The van der Waals surface area contributed by atoms with Crippen LogP contribution in [-0.4, -0.2) is 70.0 Å². The van der Waals surface area contributed by atoms with Gasteiger partial charge in [0.1, 0.15) is 19.8 Å². The van der Waals surface area contributed by atoms with Gasteiger partial charge >= 0.3 is 11.9 Å². The molecule has 0 aromatic rings. The van der Waals surface area contributed by atoms with Gasteiger partial charge in [0.05, 0.1) is 27.7 Å². The molecule has 0 N–H and O–H groups in total. The summed E-state index contributed by atoms with van der Waals surface area (Å²) in [5.41, 5.74) is 0. The second-order valence-electron chi connectivity index (χ2n) is 25.2. The minimum atomic E-state index is -4.65. The Kier molecular flexibility index (Phi) is 64.0. The van der Waals surface area contributed by atoms with E-state index in [0.29, 0.717) is 17.4 Å². The van der Waals surface area contributed by atoms with Gasteiger partial charge in [-0.3, -0.25) is 14.2 Å². The van der Waals surface area contributed by atoms with Gasteiger partial charge < -0.3 is 27.9 Å². The van der Waals surface area contributed by atoms with Crippen LogP contribution in [0.15, 0.2) is 97.2 Å². The molecular formula is C76H136NO8P. The van der Waals surface area contributed by atoms with E-state index in [0.717, 1.165) is 83.5 Å². The van der Waals surface area contributed by atoms with Crippen LogP contribution in [0.5, 0.6) is 0 Å². The molecule has 0 fully saturated rings. The first-order valence-electron chi connectivity index (χ1n) is 35.9. The zero-order valence-corrected chi connectivity index (χ0v) is 57.6. The second kappa shape index (κ2) is 66.4. The number of hydrogen-bond acceptors (Lipinski definition) is 8. The van der Waals surface area contributed by atoms with Gasteiger partial charge in [-0.2, -0.15) is 0 Å². The smallest absolute Gasteiger partial charge is 0.306 e. The first-order valence-corrected chi connectivity index (χ1v) is 37.4. The molecule has 0 bridgehead atoms. The first-order chi connectivity index (χ1) is 42.0. The molecule has 2 unspecified atom stereocenters. The summed E-state index contributed by atoms with van der Waals surface area (Å²) in [7, 11) is 1.17. The average Bonchev–Trinajstić information content (AvgIpc) is 3.56. The lowest BCUT2D eigenvalue weighted by Gasteiger charge is -2.28. The van der Waals surface area contributed by atoms with Crippen LogP contribution in [-0.2, 0) is 32.7 Å². The van der Waals surface area contributed by atoms with Crippen molar-refractivity contribution in [1.82, 2.24) is 0 Å². The molecule has 0 aliphatic rings. The van der Waals surface area contributed by atoms with Crippen LogP contribution in [0.3, 0.4) is 0 Å². The number of hydrogen-bond donors (Lipinski definition) is 0. The van der Waals surface area contributed by atoms with Crippen molar-refractivity contribution in [3.63, 3.8) is 0 Å². The summed E-state index contributed by atoms with van der Waals surface area (Å²) in [4.78, 5) is 38.1. The van der Waals surface area contributed by atoms with E-state index in [1.807, 2.05) is 21.1 Å². The van der Waals surface area contributed by atoms with Crippen molar-refractivity contribution in [2.24, 2.45) is 0 Å². The van der Waals surface area contributed by atoms with Crippen LogP contribution in [0, 0.1) is 0 Å². The summed E-state index contributed by atoms with van der Waals surface area (Å²) in [5, 5.41) is 0. The monoisotopic (exact) mass is 1220 g/mol. The lowest BCUT2D eigenvalue weighted by Crippen LogP contribution is -2.37. The number of carbonyl (C=O) groups excluding carboxylic acids is 2. The van der Waals surface area contributed by atoms with E-state index in [2.05, 4.69) is 111 Å². The number of quaternary nitrogens is 1. The summed E-state index contributed by atoms with van der Waals surface area (Å²) >= 11 is 0. The predicted molar refractivity (Wildman–Crippen MR) is 369 cm³/mol. The molecule has 0 spiro atoms. The van der Waals surface area contributed by atoms with E-state index in [9.17, 15) is 19.0 Å². The quantitative estimate of drug-likeness (QED) is 0.0195. The number of nitrogens with zero attached hydrogens (tertiary/aromatic N) is 1. The molecule has 0 aromatic carbocycles. The van der Waals surface area contributed by atoms with Gasteiger partial charge in [0.2, 0.25) is 0 Å². The summed E-state index contributed by atoms with van der Waals surface area (Å²) in [5.74, 6) is -0.823. The first kappa shape index (κ1) is 82.9. The van der Waals surface area contributed by atoms with Crippen LogP contribution in [0.25, 0.3) is 0 Å². The van der Waals surface area contributed by atoms with Crippen LogP contribution in [0.2, 0.25) is 0 Å². The van der Waals surface area contributed by atoms with E-state index in [1.165, 1.54) is 205 Å². The molecule has 0 aliphatic heterocycles. The van der Waals surface area contributed by atoms with Gasteiger partial charge in [-0.25, -0.2) is 0 Å². The van der Waals surface area contributed by atoms with E-state index in [1.54, 1.807) is 0 Å². The molecule has 0 amide bonds. The number of rotatable bonds is 66. The van der Waals surface area contributed by atoms with Crippen molar-refractivity contribution in [1.29, 1.82) is 0 Å². The van der Waals surface area contributed by atoms with E-state index in [-0.39, 0.29) is 32.0 Å². The van der Waals surface area contributed by atoms with Crippen LogP contribution in [0.1, 0.15) is 322 Å². The summed E-state index contributed by atoms with van der Waals surface area (Å²) in [6, 6.07) is 0. The summed E-state index contributed by atoms with van der Waals surface area (Å²) < 4.78 is 34.3. The van der Waals surface area contributed by atoms with Crippen molar-refractivity contribution in [3.8, 4) is 0 Å². The molecule has 86 heavy (non-hydrogen) atoms.